The van der Waals surface area contributed by atoms with Crippen molar-refractivity contribution in [3.63, 3.8) is 0 Å². The summed E-state index contributed by atoms with van der Waals surface area (Å²) in [5.74, 6) is 0.765. The number of nitrogens with zero attached hydrogens (tertiary/aromatic N) is 1. The molecule has 3 aromatic carbocycles. The fourth-order valence-electron chi connectivity index (χ4n) is 5.16. The average Bonchev–Trinajstić information content (AvgIpc) is 3.44. The van der Waals surface area contributed by atoms with Gasteiger partial charge in [0.2, 0.25) is 12.0 Å². The Morgan fingerprint density at radius 2 is 1.59 bits per heavy atom. The first-order valence-corrected chi connectivity index (χ1v) is 13.2. The van der Waals surface area contributed by atoms with Gasteiger partial charge in [0, 0.05) is 12.6 Å². The number of ether oxygens (including phenoxy) is 2. The molecule has 192 valence electrons. The highest BCUT2D eigenvalue weighted by Crippen LogP contribution is 2.33. The fourth-order valence-corrected chi connectivity index (χ4v) is 5.16. The highest BCUT2D eigenvalue weighted by molar-refractivity contribution is 5.91. The third-order valence-corrected chi connectivity index (χ3v) is 7.21. The SMILES string of the molecule is Cc1ccc([C@H](C(=O)NC2CCCC2)N(CCc2ccccc2)C(=O)[C@H]2COc3ccccc3O2)cc1. The summed E-state index contributed by atoms with van der Waals surface area (Å²) < 4.78 is 12.0. The van der Waals surface area contributed by atoms with Crippen molar-refractivity contribution in [2.45, 2.75) is 57.2 Å². The molecule has 3 aromatic rings. The molecule has 0 unspecified atom stereocenters. The van der Waals surface area contributed by atoms with Crippen molar-refractivity contribution in [1.29, 1.82) is 0 Å². The summed E-state index contributed by atoms with van der Waals surface area (Å²) in [6.07, 6.45) is 3.96. The molecule has 0 spiro atoms. The number of benzene rings is 3. The number of fused-ring (bicyclic) bond motifs is 1. The van der Waals surface area contributed by atoms with E-state index in [1.807, 2.05) is 79.7 Å². The number of nitrogens with one attached hydrogen (secondary N) is 1. The summed E-state index contributed by atoms with van der Waals surface area (Å²) in [6.45, 7) is 2.49. The van der Waals surface area contributed by atoms with Crippen LogP contribution in [0.2, 0.25) is 0 Å². The predicted molar refractivity (Wildman–Crippen MR) is 143 cm³/mol. The zero-order valence-corrected chi connectivity index (χ0v) is 21.3. The Balaban J connectivity index is 1.46. The quantitative estimate of drug-likeness (QED) is 0.474. The summed E-state index contributed by atoms with van der Waals surface area (Å²) in [5.41, 5.74) is 2.99. The third-order valence-electron chi connectivity index (χ3n) is 7.21. The molecule has 2 amide bonds. The topological polar surface area (TPSA) is 67.9 Å². The van der Waals surface area contributed by atoms with Crippen molar-refractivity contribution in [1.82, 2.24) is 10.2 Å². The third kappa shape index (κ3) is 5.96. The number of amides is 2. The van der Waals surface area contributed by atoms with Crippen LogP contribution in [-0.4, -0.2) is 42.0 Å². The number of hydrogen-bond acceptors (Lipinski definition) is 4. The van der Waals surface area contributed by atoms with E-state index in [1.54, 1.807) is 11.0 Å². The highest BCUT2D eigenvalue weighted by Gasteiger charge is 2.38. The second-order valence-corrected chi connectivity index (χ2v) is 9.93. The lowest BCUT2D eigenvalue weighted by Gasteiger charge is -2.36. The zero-order valence-electron chi connectivity index (χ0n) is 21.3. The van der Waals surface area contributed by atoms with Gasteiger partial charge in [-0.1, -0.05) is 85.1 Å². The highest BCUT2D eigenvalue weighted by atomic mass is 16.6. The molecule has 6 nitrogen and oxygen atoms in total. The van der Waals surface area contributed by atoms with Crippen LogP contribution in [0.15, 0.2) is 78.9 Å². The van der Waals surface area contributed by atoms with Crippen LogP contribution in [-0.2, 0) is 16.0 Å². The second-order valence-electron chi connectivity index (χ2n) is 9.93. The minimum atomic E-state index is -0.835. The molecule has 5 rings (SSSR count). The molecule has 1 aliphatic carbocycles. The summed E-state index contributed by atoms with van der Waals surface area (Å²) >= 11 is 0. The number of carbonyl (C=O) groups excluding carboxylic acids is 2. The Bertz CT molecular complexity index is 1210. The summed E-state index contributed by atoms with van der Waals surface area (Å²) in [5, 5.41) is 3.24. The number of rotatable bonds is 8. The first-order chi connectivity index (χ1) is 18.1. The van der Waals surface area contributed by atoms with Gasteiger partial charge in [-0.2, -0.15) is 0 Å². The average molecular weight is 499 g/mol. The van der Waals surface area contributed by atoms with Crippen molar-refractivity contribution in [2.24, 2.45) is 0 Å². The van der Waals surface area contributed by atoms with Gasteiger partial charge in [-0.15, -0.1) is 0 Å². The van der Waals surface area contributed by atoms with E-state index in [9.17, 15) is 9.59 Å². The molecule has 1 N–H and O–H groups in total. The number of hydrogen-bond donors (Lipinski definition) is 1. The van der Waals surface area contributed by atoms with E-state index in [0.717, 1.165) is 42.4 Å². The smallest absolute Gasteiger partial charge is 0.268 e. The maximum absolute atomic E-state index is 14.1. The molecule has 2 aliphatic rings. The van der Waals surface area contributed by atoms with E-state index in [0.29, 0.717) is 24.5 Å². The lowest BCUT2D eigenvalue weighted by atomic mass is 10.00. The van der Waals surface area contributed by atoms with Crippen LogP contribution < -0.4 is 14.8 Å². The Hall–Kier alpha value is -3.80. The van der Waals surface area contributed by atoms with E-state index in [2.05, 4.69) is 5.32 Å². The monoisotopic (exact) mass is 498 g/mol. The first-order valence-electron chi connectivity index (χ1n) is 13.2. The van der Waals surface area contributed by atoms with Gasteiger partial charge >= 0.3 is 0 Å². The van der Waals surface area contributed by atoms with Crippen LogP contribution in [0.5, 0.6) is 11.5 Å². The van der Waals surface area contributed by atoms with E-state index in [-0.39, 0.29) is 24.5 Å². The van der Waals surface area contributed by atoms with Crippen molar-refractivity contribution >= 4 is 11.8 Å². The molecular weight excluding hydrogens is 464 g/mol. The van der Waals surface area contributed by atoms with Crippen LogP contribution in [0.4, 0.5) is 0 Å². The molecule has 0 bridgehead atoms. The number of para-hydroxylation sites is 2. The van der Waals surface area contributed by atoms with Crippen molar-refractivity contribution in [2.75, 3.05) is 13.2 Å². The Morgan fingerprint density at radius 3 is 2.32 bits per heavy atom. The van der Waals surface area contributed by atoms with Crippen LogP contribution in [0.3, 0.4) is 0 Å². The summed E-state index contributed by atoms with van der Waals surface area (Å²) in [6, 6.07) is 24.6. The van der Waals surface area contributed by atoms with Gasteiger partial charge < -0.3 is 19.7 Å². The lowest BCUT2D eigenvalue weighted by molar-refractivity contribution is -0.148. The van der Waals surface area contributed by atoms with Crippen LogP contribution in [0.1, 0.15) is 48.4 Å². The van der Waals surface area contributed by atoms with Crippen molar-refractivity contribution in [3.8, 4) is 11.5 Å². The van der Waals surface area contributed by atoms with Crippen molar-refractivity contribution in [3.05, 3.63) is 95.6 Å². The van der Waals surface area contributed by atoms with Gasteiger partial charge in [-0.3, -0.25) is 9.59 Å². The molecule has 37 heavy (non-hydrogen) atoms. The molecule has 1 fully saturated rings. The number of aryl methyl sites for hydroxylation is 1. The minimum Gasteiger partial charge on any atom is -0.485 e. The van der Waals surface area contributed by atoms with Crippen LogP contribution in [0, 0.1) is 6.92 Å². The van der Waals surface area contributed by atoms with E-state index >= 15 is 0 Å². The number of carbonyl (C=O) groups is 2. The molecular formula is C31H34N2O4. The minimum absolute atomic E-state index is 0.0997. The van der Waals surface area contributed by atoms with Gasteiger partial charge in [0.1, 0.15) is 12.6 Å². The molecule has 1 heterocycles. The van der Waals surface area contributed by atoms with Gasteiger partial charge in [-0.25, -0.2) is 0 Å². The molecule has 6 heteroatoms. The Morgan fingerprint density at radius 1 is 0.919 bits per heavy atom. The molecule has 0 aromatic heterocycles. The first kappa shape index (κ1) is 24.9. The van der Waals surface area contributed by atoms with E-state index < -0.39 is 12.1 Å². The van der Waals surface area contributed by atoms with Gasteiger partial charge in [0.25, 0.3) is 5.91 Å². The van der Waals surface area contributed by atoms with E-state index in [4.69, 9.17) is 9.47 Å². The molecule has 1 aliphatic heterocycles. The van der Waals surface area contributed by atoms with Gasteiger partial charge in [-0.05, 0) is 49.4 Å². The zero-order chi connectivity index (χ0) is 25.6. The van der Waals surface area contributed by atoms with Gasteiger partial charge in [0.15, 0.2) is 11.5 Å². The largest absolute Gasteiger partial charge is 0.485 e. The predicted octanol–water partition coefficient (Wildman–Crippen LogP) is 5.01. The fraction of sp³-hybridized carbons (Fsp3) is 0.355. The summed E-state index contributed by atoms with van der Waals surface area (Å²) in [4.78, 5) is 29.6. The van der Waals surface area contributed by atoms with Crippen molar-refractivity contribution < 1.29 is 19.1 Å². The molecule has 0 radical (unpaired) electrons. The lowest BCUT2D eigenvalue weighted by Crippen LogP contribution is -2.52. The molecule has 2 atom stereocenters. The second kappa shape index (κ2) is 11.5. The molecule has 1 saturated carbocycles. The maximum atomic E-state index is 14.1. The molecule has 0 saturated heterocycles. The standard InChI is InChI=1S/C31H34N2O4/c1-22-15-17-24(18-16-22)29(30(34)32-25-11-5-6-12-25)33(20-19-23-9-3-2-4-10-23)31(35)28-21-36-26-13-7-8-14-27(26)37-28/h2-4,7-10,13-18,25,28-29H,5-6,11-12,19-21H2,1H3,(H,32,34)/t28-,29-/m1/s1. The maximum Gasteiger partial charge on any atom is 0.268 e. The van der Waals surface area contributed by atoms with Crippen LogP contribution in [0.25, 0.3) is 0 Å². The van der Waals surface area contributed by atoms with Gasteiger partial charge in [0.05, 0.1) is 0 Å². The summed E-state index contributed by atoms with van der Waals surface area (Å²) in [7, 11) is 0. The van der Waals surface area contributed by atoms with E-state index in [1.165, 1.54) is 0 Å². The van der Waals surface area contributed by atoms with Crippen LogP contribution >= 0.6 is 0 Å². The Kier molecular flexibility index (Phi) is 7.73. The normalized spacial score (nSPS) is 17.7. The Labute approximate surface area is 218 Å².